The van der Waals surface area contributed by atoms with Gasteiger partial charge in [0.05, 0.1) is 0 Å². The van der Waals surface area contributed by atoms with Crippen molar-refractivity contribution < 1.29 is 29.4 Å². The fraction of sp³-hybridized carbons (Fsp3) is 0.636. The van der Waals surface area contributed by atoms with E-state index in [-0.39, 0.29) is 6.54 Å². The largest absolute Gasteiger partial charge is 0.480 e. The predicted octanol–water partition coefficient (Wildman–Crippen LogP) is -0.959. The Morgan fingerprint density at radius 3 is 2.37 bits per heavy atom. The van der Waals surface area contributed by atoms with Gasteiger partial charge in [-0.15, -0.1) is 0 Å². The number of hydrogen-bond donors (Lipinski definition) is 3. The quantitative estimate of drug-likeness (QED) is 0.568. The van der Waals surface area contributed by atoms with E-state index in [0.717, 1.165) is 4.90 Å². The van der Waals surface area contributed by atoms with Gasteiger partial charge in [0.1, 0.15) is 12.1 Å². The third kappa shape index (κ3) is 3.67. The smallest absolute Gasteiger partial charge is 0.326 e. The third-order valence-electron chi connectivity index (χ3n) is 2.96. The molecule has 1 rings (SSSR count). The van der Waals surface area contributed by atoms with E-state index < -0.39 is 35.8 Å². The number of aliphatic carboxylic acids is 2. The molecule has 1 saturated heterocycles. The number of carbonyl (C=O) groups is 4. The second-order valence-electron chi connectivity index (χ2n) is 4.38. The first-order valence-electron chi connectivity index (χ1n) is 5.91. The van der Waals surface area contributed by atoms with Crippen molar-refractivity contribution in [2.75, 3.05) is 6.54 Å². The minimum Gasteiger partial charge on any atom is -0.480 e. The molecule has 106 valence electrons. The number of piperidine rings is 1. The van der Waals surface area contributed by atoms with E-state index in [0.29, 0.717) is 19.3 Å². The molecule has 8 nitrogen and oxygen atoms in total. The minimum atomic E-state index is -1.27. The normalized spacial score (nSPS) is 20.5. The Labute approximate surface area is 109 Å². The van der Waals surface area contributed by atoms with Gasteiger partial charge in [0.2, 0.25) is 0 Å². The first-order chi connectivity index (χ1) is 8.84. The zero-order chi connectivity index (χ0) is 14.6. The van der Waals surface area contributed by atoms with E-state index in [1.165, 1.54) is 6.92 Å². The van der Waals surface area contributed by atoms with E-state index in [9.17, 15) is 19.2 Å². The van der Waals surface area contributed by atoms with Gasteiger partial charge in [0.25, 0.3) is 0 Å². The average molecular weight is 272 g/mol. The molecule has 0 bridgehead atoms. The van der Waals surface area contributed by atoms with E-state index >= 15 is 0 Å². The molecule has 1 aliphatic rings. The van der Waals surface area contributed by atoms with Crippen LogP contribution in [-0.4, -0.2) is 57.5 Å². The highest BCUT2D eigenvalue weighted by Gasteiger charge is 2.35. The number of carboxylic acid groups (broad SMARTS) is 2. The van der Waals surface area contributed by atoms with Crippen molar-refractivity contribution in [1.82, 2.24) is 10.2 Å². The van der Waals surface area contributed by atoms with E-state index in [2.05, 4.69) is 0 Å². The van der Waals surface area contributed by atoms with E-state index in [4.69, 9.17) is 10.2 Å². The summed E-state index contributed by atoms with van der Waals surface area (Å²) >= 11 is 0. The van der Waals surface area contributed by atoms with Crippen molar-refractivity contribution in [1.29, 1.82) is 0 Å². The van der Waals surface area contributed by atoms with Crippen LogP contribution in [0.5, 0.6) is 0 Å². The Morgan fingerprint density at radius 1 is 1.21 bits per heavy atom. The Balaban J connectivity index is 2.71. The summed E-state index contributed by atoms with van der Waals surface area (Å²) in [6, 6.07) is -2.23. The number of hydrogen-bond acceptors (Lipinski definition) is 4. The highest BCUT2D eigenvalue weighted by Crippen LogP contribution is 2.17. The molecule has 2 atom stereocenters. The molecular formula is C11H16N2O6. The molecule has 2 amide bonds. The first kappa shape index (κ1) is 14.9. The molecule has 0 aromatic rings. The van der Waals surface area contributed by atoms with Crippen molar-refractivity contribution >= 4 is 23.8 Å². The Kier molecular flexibility index (Phi) is 4.85. The van der Waals surface area contributed by atoms with Crippen molar-refractivity contribution in [2.24, 2.45) is 0 Å². The molecule has 1 aliphatic heterocycles. The zero-order valence-electron chi connectivity index (χ0n) is 10.5. The maximum Gasteiger partial charge on any atom is 0.326 e. The fourth-order valence-electron chi connectivity index (χ4n) is 1.88. The van der Waals surface area contributed by atoms with Crippen molar-refractivity contribution in [3.63, 3.8) is 0 Å². The van der Waals surface area contributed by atoms with Gasteiger partial charge in [0, 0.05) is 6.54 Å². The van der Waals surface area contributed by atoms with Crippen LogP contribution in [0.15, 0.2) is 0 Å². The maximum atomic E-state index is 11.8. The van der Waals surface area contributed by atoms with Crippen LogP contribution in [0.2, 0.25) is 0 Å². The lowest BCUT2D eigenvalue weighted by atomic mass is 10.0. The Morgan fingerprint density at radius 2 is 1.84 bits per heavy atom. The lowest BCUT2D eigenvalue weighted by Gasteiger charge is -2.32. The minimum absolute atomic E-state index is 0.185. The van der Waals surface area contributed by atoms with E-state index in [1.54, 1.807) is 0 Å². The van der Waals surface area contributed by atoms with Crippen molar-refractivity contribution in [3.05, 3.63) is 0 Å². The molecule has 8 heteroatoms. The van der Waals surface area contributed by atoms with Gasteiger partial charge in [0.15, 0.2) is 0 Å². The summed E-state index contributed by atoms with van der Waals surface area (Å²) in [5, 5.41) is 19.6. The van der Waals surface area contributed by atoms with E-state index in [1.807, 2.05) is 5.32 Å². The molecule has 1 fully saturated rings. The SMILES string of the molecule is CC(NC(=O)C(=O)N1CCCC[C@@H]1C(=O)O)C(=O)O. The molecule has 19 heavy (non-hydrogen) atoms. The molecule has 0 aromatic heterocycles. The van der Waals surface area contributed by atoms with Crippen molar-refractivity contribution in [2.45, 2.75) is 38.3 Å². The Bertz CT molecular complexity index is 408. The van der Waals surface area contributed by atoms with Crippen LogP contribution in [0, 0.1) is 0 Å². The summed E-state index contributed by atoms with van der Waals surface area (Å²) in [7, 11) is 0. The summed E-state index contributed by atoms with van der Waals surface area (Å²) in [5.74, 6) is -4.52. The number of nitrogens with zero attached hydrogens (tertiary/aromatic N) is 1. The number of likely N-dealkylation sites (tertiary alicyclic amines) is 1. The number of amides is 2. The second kappa shape index (κ2) is 6.17. The number of carbonyl (C=O) groups excluding carboxylic acids is 2. The lowest BCUT2D eigenvalue weighted by Crippen LogP contribution is -2.54. The van der Waals surface area contributed by atoms with Gasteiger partial charge in [-0.05, 0) is 26.2 Å². The third-order valence-corrected chi connectivity index (χ3v) is 2.96. The molecule has 3 N–H and O–H groups in total. The number of rotatable bonds is 3. The summed E-state index contributed by atoms with van der Waals surface area (Å²) in [6.07, 6.45) is 1.59. The van der Waals surface area contributed by atoms with Crippen molar-refractivity contribution in [3.8, 4) is 0 Å². The summed E-state index contributed by atoms with van der Waals surface area (Å²) in [6.45, 7) is 1.41. The highest BCUT2D eigenvalue weighted by molar-refractivity contribution is 6.35. The second-order valence-corrected chi connectivity index (χ2v) is 4.38. The number of carboxylic acids is 2. The van der Waals surface area contributed by atoms with Crippen LogP contribution >= 0.6 is 0 Å². The van der Waals surface area contributed by atoms with Crippen LogP contribution in [0.3, 0.4) is 0 Å². The van der Waals surface area contributed by atoms with Gasteiger partial charge in [-0.1, -0.05) is 0 Å². The molecule has 0 aromatic carbocycles. The first-order valence-corrected chi connectivity index (χ1v) is 5.91. The molecule has 0 spiro atoms. The molecule has 1 unspecified atom stereocenters. The summed E-state index contributed by atoms with van der Waals surface area (Å²) in [4.78, 5) is 46.0. The maximum absolute atomic E-state index is 11.8. The highest BCUT2D eigenvalue weighted by atomic mass is 16.4. The molecular weight excluding hydrogens is 256 g/mol. The molecule has 0 radical (unpaired) electrons. The van der Waals surface area contributed by atoms with Gasteiger partial charge >= 0.3 is 23.8 Å². The number of nitrogens with one attached hydrogen (secondary N) is 1. The Hall–Kier alpha value is -2.12. The van der Waals surface area contributed by atoms with Crippen LogP contribution in [0.1, 0.15) is 26.2 Å². The molecule has 0 saturated carbocycles. The summed E-state index contributed by atoms with van der Waals surface area (Å²) in [5.41, 5.74) is 0. The molecule has 1 heterocycles. The van der Waals surface area contributed by atoms with Gasteiger partial charge in [-0.3, -0.25) is 14.4 Å². The van der Waals surface area contributed by atoms with Gasteiger partial charge in [-0.25, -0.2) is 4.79 Å². The monoisotopic (exact) mass is 272 g/mol. The predicted molar refractivity (Wildman–Crippen MR) is 62.2 cm³/mol. The lowest BCUT2D eigenvalue weighted by molar-refractivity contribution is -0.157. The fourth-order valence-corrected chi connectivity index (χ4v) is 1.88. The van der Waals surface area contributed by atoms with Gasteiger partial charge in [-0.2, -0.15) is 0 Å². The summed E-state index contributed by atoms with van der Waals surface area (Å²) < 4.78 is 0. The van der Waals surface area contributed by atoms with Crippen LogP contribution < -0.4 is 5.32 Å². The molecule has 0 aliphatic carbocycles. The average Bonchev–Trinajstić information content (AvgIpc) is 2.37. The van der Waals surface area contributed by atoms with Crippen LogP contribution in [0.25, 0.3) is 0 Å². The standard InChI is InChI=1S/C11H16N2O6/c1-6(10(16)17)12-8(14)9(15)13-5-3-2-4-7(13)11(18)19/h6-7H,2-5H2,1H3,(H,12,14)(H,16,17)(H,18,19)/t6?,7-/m1/s1. The topological polar surface area (TPSA) is 124 Å². The van der Waals surface area contributed by atoms with Crippen LogP contribution in [0.4, 0.5) is 0 Å². The van der Waals surface area contributed by atoms with Crippen LogP contribution in [-0.2, 0) is 19.2 Å². The zero-order valence-corrected chi connectivity index (χ0v) is 10.5. The van der Waals surface area contributed by atoms with Gasteiger partial charge < -0.3 is 20.4 Å².